The zero-order valence-electron chi connectivity index (χ0n) is 10.3. The van der Waals surface area contributed by atoms with Crippen LogP contribution in [0.1, 0.15) is 13.3 Å². The van der Waals surface area contributed by atoms with Crippen LogP contribution in [-0.4, -0.2) is 24.3 Å². The van der Waals surface area contributed by atoms with E-state index < -0.39 is 0 Å². The van der Waals surface area contributed by atoms with Gasteiger partial charge in [-0.05, 0) is 30.8 Å². The molecule has 19 heavy (non-hydrogen) atoms. The van der Waals surface area contributed by atoms with Crippen molar-refractivity contribution in [3.63, 3.8) is 0 Å². The third-order valence-corrected chi connectivity index (χ3v) is 3.33. The second-order valence-corrected chi connectivity index (χ2v) is 4.68. The van der Waals surface area contributed by atoms with E-state index in [0.29, 0.717) is 28.0 Å². The van der Waals surface area contributed by atoms with Crippen molar-refractivity contribution < 1.29 is 5.11 Å². The molecule has 0 unspecified atom stereocenters. The normalized spacial score (nSPS) is 11.4. The van der Waals surface area contributed by atoms with Crippen molar-refractivity contribution in [2.24, 2.45) is 0 Å². The molecule has 0 amide bonds. The number of phenolic OH excluding ortho intramolecular Hbond substituents is 1. The van der Waals surface area contributed by atoms with Gasteiger partial charge >= 0.3 is 0 Å². The van der Waals surface area contributed by atoms with Gasteiger partial charge < -0.3 is 5.11 Å². The maximum Gasteiger partial charge on any atom is 0.262 e. The molecule has 0 fully saturated rings. The van der Waals surface area contributed by atoms with E-state index in [1.165, 1.54) is 6.07 Å². The van der Waals surface area contributed by atoms with E-state index >= 15 is 0 Å². The molecular formula is C12H12N4O2S. The van der Waals surface area contributed by atoms with Crippen molar-refractivity contribution in [3.8, 4) is 5.75 Å². The van der Waals surface area contributed by atoms with Crippen molar-refractivity contribution in [2.45, 2.75) is 19.9 Å². The molecule has 0 atom stereocenters. The van der Waals surface area contributed by atoms with Crippen LogP contribution in [0.15, 0.2) is 23.0 Å². The van der Waals surface area contributed by atoms with Gasteiger partial charge in [0.2, 0.25) is 10.5 Å². The van der Waals surface area contributed by atoms with Crippen LogP contribution in [0.25, 0.3) is 16.7 Å². The van der Waals surface area contributed by atoms with E-state index in [9.17, 15) is 9.90 Å². The molecule has 6 nitrogen and oxygen atoms in total. The van der Waals surface area contributed by atoms with E-state index in [-0.39, 0.29) is 11.3 Å². The Morgan fingerprint density at radius 2 is 2.26 bits per heavy atom. The fourth-order valence-electron chi connectivity index (χ4n) is 2.27. The van der Waals surface area contributed by atoms with Crippen LogP contribution in [0.4, 0.5) is 0 Å². The number of fused-ring (bicyclic) bond motifs is 3. The van der Waals surface area contributed by atoms with Crippen LogP contribution in [0.5, 0.6) is 5.75 Å². The summed E-state index contributed by atoms with van der Waals surface area (Å²) < 4.78 is 3.51. The lowest BCUT2D eigenvalue weighted by Gasteiger charge is -2.09. The summed E-state index contributed by atoms with van der Waals surface area (Å²) in [4.78, 5) is 12.4. The summed E-state index contributed by atoms with van der Waals surface area (Å²) in [5.41, 5.74) is 0.225. The summed E-state index contributed by atoms with van der Waals surface area (Å²) in [6.07, 6.45) is 0.805. The number of aromatic nitrogens is 4. The molecule has 0 spiro atoms. The fourth-order valence-corrected chi connectivity index (χ4v) is 2.49. The number of aromatic amines is 1. The van der Waals surface area contributed by atoms with Crippen LogP contribution in [0, 0.1) is 4.77 Å². The zero-order valence-corrected chi connectivity index (χ0v) is 11.1. The van der Waals surface area contributed by atoms with Gasteiger partial charge in [0.25, 0.3) is 5.56 Å². The first-order valence-electron chi connectivity index (χ1n) is 5.96. The van der Waals surface area contributed by atoms with E-state index in [4.69, 9.17) is 12.2 Å². The zero-order chi connectivity index (χ0) is 13.6. The van der Waals surface area contributed by atoms with Crippen LogP contribution >= 0.6 is 12.2 Å². The average Bonchev–Trinajstić information content (AvgIpc) is 2.77. The van der Waals surface area contributed by atoms with Gasteiger partial charge in [0.05, 0.1) is 5.39 Å². The number of nitrogens with zero attached hydrogens (tertiary/aromatic N) is 3. The number of H-pyrrole nitrogens is 1. The fraction of sp³-hybridized carbons (Fsp3) is 0.250. The predicted octanol–water partition coefficient (Wildman–Crippen LogP) is 1.82. The van der Waals surface area contributed by atoms with E-state index in [1.807, 2.05) is 6.92 Å². The largest absolute Gasteiger partial charge is 0.506 e. The Kier molecular flexibility index (Phi) is 2.63. The topological polar surface area (TPSA) is 75.3 Å². The van der Waals surface area contributed by atoms with Crippen molar-refractivity contribution in [3.05, 3.63) is 33.3 Å². The molecule has 3 aromatic rings. The Balaban J connectivity index is 2.68. The number of para-hydroxylation sites is 1. The molecule has 0 aliphatic heterocycles. The van der Waals surface area contributed by atoms with Gasteiger partial charge in [0.1, 0.15) is 11.3 Å². The number of hydrogen-bond donors (Lipinski definition) is 2. The molecule has 3 rings (SSSR count). The molecule has 0 saturated carbocycles. The first-order valence-corrected chi connectivity index (χ1v) is 6.37. The van der Waals surface area contributed by atoms with E-state index in [1.54, 1.807) is 21.1 Å². The second kappa shape index (κ2) is 4.20. The molecule has 0 radical (unpaired) electrons. The highest BCUT2D eigenvalue weighted by molar-refractivity contribution is 7.71. The first-order chi connectivity index (χ1) is 9.15. The smallest absolute Gasteiger partial charge is 0.262 e. The van der Waals surface area contributed by atoms with Gasteiger partial charge in [-0.15, -0.1) is 5.10 Å². The number of phenols is 1. The lowest BCUT2D eigenvalue weighted by atomic mass is 10.2. The van der Waals surface area contributed by atoms with Crippen molar-refractivity contribution in [2.75, 3.05) is 0 Å². The molecule has 0 bridgehead atoms. The van der Waals surface area contributed by atoms with Crippen molar-refractivity contribution in [1.82, 2.24) is 19.2 Å². The Bertz CT molecular complexity index is 890. The Morgan fingerprint density at radius 1 is 1.47 bits per heavy atom. The van der Waals surface area contributed by atoms with Gasteiger partial charge in [-0.2, -0.15) is 0 Å². The molecule has 98 valence electrons. The number of rotatable bonds is 2. The SMILES string of the molecule is CCCn1c(=O)c2cccc(O)c2n2c(=S)[nH]nc12. The molecule has 2 aromatic heterocycles. The summed E-state index contributed by atoms with van der Waals surface area (Å²) in [6.45, 7) is 2.53. The van der Waals surface area contributed by atoms with Gasteiger partial charge in [-0.25, -0.2) is 9.50 Å². The number of aryl methyl sites for hydroxylation is 1. The lowest BCUT2D eigenvalue weighted by Crippen LogP contribution is -2.23. The summed E-state index contributed by atoms with van der Waals surface area (Å²) in [7, 11) is 0. The molecule has 2 N–H and O–H groups in total. The van der Waals surface area contributed by atoms with Crippen LogP contribution in [0.2, 0.25) is 0 Å². The Labute approximate surface area is 112 Å². The number of nitrogens with one attached hydrogen (secondary N) is 1. The standard InChI is InChI=1S/C12H12N4O2S/c1-2-6-15-10(18)7-4-3-5-8(17)9(7)16-11(15)13-14-12(16)19/h3-5,17H,2,6H2,1H3,(H,14,19). The number of benzene rings is 1. The lowest BCUT2D eigenvalue weighted by molar-refractivity contribution is 0.479. The maximum atomic E-state index is 12.4. The minimum atomic E-state index is -0.172. The number of aromatic hydroxyl groups is 1. The van der Waals surface area contributed by atoms with Gasteiger partial charge in [-0.1, -0.05) is 13.0 Å². The highest BCUT2D eigenvalue weighted by Gasteiger charge is 2.14. The van der Waals surface area contributed by atoms with E-state index in [2.05, 4.69) is 10.2 Å². The highest BCUT2D eigenvalue weighted by atomic mass is 32.1. The Morgan fingerprint density at radius 3 is 3.00 bits per heavy atom. The monoisotopic (exact) mass is 276 g/mol. The van der Waals surface area contributed by atoms with Crippen LogP contribution in [-0.2, 0) is 6.54 Å². The molecular weight excluding hydrogens is 264 g/mol. The van der Waals surface area contributed by atoms with Gasteiger partial charge in [0, 0.05) is 6.54 Å². The molecule has 0 aliphatic carbocycles. The van der Waals surface area contributed by atoms with E-state index in [0.717, 1.165) is 6.42 Å². The van der Waals surface area contributed by atoms with Crippen LogP contribution < -0.4 is 5.56 Å². The maximum absolute atomic E-state index is 12.4. The minimum absolute atomic E-state index is 0.0146. The molecule has 1 aromatic carbocycles. The molecule has 0 aliphatic rings. The average molecular weight is 276 g/mol. The van der Waals surface area contributed by atoms with Gasteiger partial charge in [0.15, 0.2) is 0 Å². The third-order valence-electron chi connectivity index (χ3n) is 3.06. The first kappa shape index (κ1) is 11.9. The molecule has 7 heteroatoms. The van der Waals surface area contributed by atoms with Gasteiger partial charge in [-0.3, -0.25) is 9.36 Å². The molecule has 2 heterocycles. The van der Waals surface area contributed by atoms with Crippen LogP contribution in [0.3, 0.4) is 0 Å². The molecule has 0 saturated heterocycles. The number of hydrogen-bond acceptors (Lipinski definition) is 4. The summed E-state index contributed by atoms with van der Waals surface area (Å²) in [5.74, 6) is 0.437. The second-order valence-electron chi connectivity index (χ2n) is 4.29. The quantitative estimate of drug-likeness (QED) is 0.700. The Hall–Kier alpha value is -2.15. The summed E-state index contributed by atoms with van der Waals surface area (Å²) in [6, 6.07) is 4.85. The van der Waals surface area contributed by atoms with Crippen molar-refractivity contribution in [1.29, 1.82) is 0 Å². The minimum Gasteiger partial charge on any atom is -0.506 e. The highest BCUT2D eigenvalue weighted by Crippen LogP contribution is 2.22. The third kappa shape index (κ3) is 1.58. The summed E-state index contributed by atoms with van der Waals surface area (Å²) >= 11 is 5.18. The summed E-state index contributed by atoms with van der Waals surface area (Å²) in [5, 5.41) is 17.2. The van der Waals surface area contributed by atoms with Crippen molar-refractivity contribution >= 4 is 28.9 Å². The predicted molar refractivity (Wildman–Crippen MR) is 74.1 cm³/mol.